The van der Waals surface area contributed by atoms with Crippen molar-refractivity contribution in [3.05, 3.63) is 23.5 Å². The summed E-state index contributed by atoms with van der Waals surface area (Å²) in [5, 5.41) is 0.629. The number of ether oxygens (including phenoxy) is 1. The van der Waals surface area contributed by atoms with Crippen LogP contribution in [0.2, 0.25) is 19.6 Å². The minimum Gasteiger partial charge on any atom is -0.494 e. The van der Waals surface area contributed by atoms with Crippen molar-refractivity contribution in [1.29, 1.82) is 0 Å². The zero-order chi connectivity index (χ0) is 11.6. The molecule has 0 aliphatic rings. The normalized spacial score (nSPS) is 11.3. The number of hydrogen-bond donors (Lipinski definition) is 0. The summed E-state index contributed by atoms with van der Waals surface area (Å²) < 4.78 is 18.8. The second-order valence-electron chi connectivity index (χ2n) is 4.45. The van der Waals surface area contributed by atoms with Gasteiger partial charge in [-0.15, -0.1) is 0 Å². The van der Waals surface area contributed by atoms with Gasteiger partial charge >= 0.3 is 0 Å². The topological polar surface area (TPSA) is 26.3 Å². The van der Waals surface area contributed by atoms with E-state index in [9.17, 15) is 9.18 Å². The van der Waals surface area contributed by atoms with Gasteiger partial charge in [0, 0.05) is 5.56 Å². The molecule has 0 radical (unpaired) electrons. The molecule has 0 unspecified atom stereocenters. The fraction of sp³-hybridized carbons (Fsp3) is 0.364. The van der Waals surface area contributed by atoms with Gasteiger partial charge in [-0.2, -0.15) is 0 Å². The summed E-state index contributed by atoms with van der Waals surface area (Å²) >= 11 is 0. The van der Waals surface area contributed by atoms with Crippen LogP contribution in [0, 0.1) is 5.82 Å². The Morgan fingerprint density at radius 1 is 1.33 bits per heavy atom. The highest BCUT2D eigenvalue weighted by Gasteiger charge is 2.23. The van der Waals surface area contributed by atoms with Crippen LogP contribution in [0.4, 0.5) is 4.39 Å². The molecular formula is C11H15FO2Si. The molecule has 0 bridgehead atoms. The number of hydrogen-bond acceptors (Lipinski definition) is 2. The van der Waals surface area contributed by atoms with E-state index in [1.165, 1.54) is 13.2 Å². The van der Waals surface area contributed by atoms with Gasteiger partial charge in [0.25, 0.3) is 0 Å². The van der Waals surface area contributed by atoms with Crippen LogP contribution in [0.25, 0.3) is 0 Å². The average Bonchev–Trinajstić information content (AvgIpc) is 2.16. The van der Waals surface area contributed by atoms with Crippen molar-refractivity contribution in [3.63, 3.8) is 0 Å². The van der Waals surface area contributed by atoms with Gasteiger partial charge in [-0.25, -0.2) is 4.39 Å². The third-order valence-electron chi connectivity index (χ3n) is 2.23. The molecule has 0 N–H and O–H groups in total. The van der Waals surface area contributed by atoms with E-state index in [0.717, 1.165) is 0 Å². The van der Waals surface area contributed by atoms with Gasteiger partial charge in [-0.3, -0.25) is 4.79 Å². The van der Waals surface area contributed by atoms with E-state index < -0.39 is 8.07 Å². The molecule has 0 aromatic heterocycles. The maximum Gasteiger partial charge on any atom is 0.164 e. The van der Waals surface area contributed by atoms with E-state index in [-0.39, 0.29) is 11.6 Å². The SMILES string of the molecule is COc1cc(C=O)cc([Si](C)(C)C)c1F. The van der Waals surface area contributed by atoms with Crippen LogP contribution in [-0.2, 0) is 0 Å². The Balaban J connectivity index is 3.44. The zero-order valence-electron chi connectivity index (χ0n) is 9.43. The first kappa shape index (κ1) is 11.9. The van der Waals surface area contributed by atoms with Crippen LogP contribution >= 0.6 is 0 Å². The fourth-order valence-electron chi connectivity index (χ4n) is 1.38. The maximum atomic E-state index is 13.9. The highest BCUT2D eigenvalue weighted by Crippen LogP contribution is 2.19. The summed E-state index contributed by atoms with van der Waals surface area (Å²) in [6.07, 6.45) is 0.714. The number of aldehydes is 1. The van der Waals surface area contributed by atoms with Crippen molar-refractivity contribution in [2.45, 2.75) is 19.6 Å². The molecule has 15 heavy (non-hydrogen) atoms. The minimum atomic E-state index is -1.79. The Bertz CT molecular complexity index is 383. The number of methoxy groups -OCH3 is 1. The maximum absolute atomic E-state index is 13.9. The van der Waals surface area contributed by atoms with E-state index >= 15 is 0 Å². The summed E-state index contributed by atoms with van der Waals surface area (Å²) in [6.45, 7) is 6.08. The van der Waals surface area contributed by atoms with Gasteiger partial charge in [0.1, 0.15) is 6.29 Å². The molecule has 0 aliphatic heterocycles. The third kappa shape index (κ3) is 2.44. The first-order valence-corrected chi connectivity index (χ1v) is 8.23. The molecule has 0 amide bonds. The highest BCUT2D eigenvalue weighted by molar-refractivity contribution is 6.88. The molecule has 0 fully saturated rings. The Morgan fingerprint density at radius 2 is 1.93 bits per heavy atom. The van der Waals surface area contributed by atoms with E-state index in [1.807, 2.05) is 19.6 Å². The molecular weight excluding hydrogens is 211 g/mol. The van der Waals surface area contributed by atoms with Crippen molar-refractivity contribution in [3.8, 4) is 5.75 Å². The van der Waals surface area contributed by atoms with Crippen LogP contribution in [-0.4, -0.2) is 21.5 Å². The van der Waals surface area contributed by atoms with E-state index in [4.69, 9.17) is 4.74 Å². The lowest BCUT2D eigenvalue weighted by Gasteiger charge is -2.19. The monoisotopic (exact) mass is 226 g/mol. The lowest BCUT2D eigenvalue weighted by atomic mass is 10.2. The van der Waals surface area contributed by atoms with Crippen LogP contribution in [0.1, 0.15) is 10.4 Å². The van der Waals surface area contributed by atoms with Gasteiger partial charge < -0.3 is 4.74 Å². The lowest BCUT2D eigenvalue weighted by Crippen LogP contribution is -2.40. The molecule has 0 saturated heterocycles. The Hall–Kier alpha value is -1.16. The predicted octanol–water partition coefficient (Wildman–Crippen LogP) is 2.19. The van der Waals surface area contributed by atoms with Crippen LogP contribution in [0.15, 0.2) is 12.1 Å². The predicted molar refractivity (Wildman–Crippen MR) is 61.3 cm³/mol. The van der Waals surface area contributed by atoms with Crippen LogP contribution in [0.3, 0.4) is 0 Å². The van der Waals surface area contributed by atoms with Gasteiger partial charge in [0.2, 0.25) is 0 Å². The summed E-state index contributed by atoms with van der Waals surface area (Å²) in [5.41, 5.74) is 0.464. The molecule has 0 saturated carbocycles. The van der Waals surface area contributed by atoms with Gasteiger partial charge in [-0.1, -0.05) is 19.6 Å². The zero-order valence-corrected chi connectivity index (χ0v) is 10.4. The number of halogens is 1. The number of carbonyl (C=O) groups excluding carboxylic acids is 1. The van der Waals surface area contributed by atoms with Crippen molar-refractivity contribution in [2.75, 3.05) is 7.11 Å². The highest BCUT2D eigenvalue weighted by atomic mass is 28.3. The van der Waals surface area contributed by atoms with Gasteiger partial charge in [0.05, 0.1) is 15.2 Å². The number of carbonyl (C=O) groups is 1. The summed E-state index contributed by atoms with van der Waals surface area (Å²) in [6, 6.07) is 3.04. The molecule has 1 rings (SSSR count). The molecule has 2 nitrogen and oxygen atoms in total. The van der Waals surface area contributed by atoms with E-state index in [1.54, 1.807) is 6.07 Å². The molecule has 1 aromatic rings. The number of benzene rings is 1. The van der Waals surface area contributed by atoms with Crippen molar-refractivity contribution >= 4 is 19.5 Å². The summed E-state index contributed by atoms with van der Waals surface area (Å²) in [7, 11) is -0.383. The third-order valence-corrected chi connectivity index (χ3v) is 4.21. The van der Waals surface area contributed by atoms with Gasteiger partial charge in [-0.05, 0) is 17.3 Å². The van der Waals surface area contributed by atoms with Crippen molar-refractivity contribution in [2.24, 2.45) is 0 Å². The smallest absolute Gasteiger partial charge is 0.164 e. The Labute approximate surface area is 90.1 Å². The Morgan fingerprint density at radius 3 is 2.33 bits per heavy atom. The first-order valence-electron chi connectivity index (χ1n) is 4.73. The minimum absolute atomic E-state index is 0.150. The van der Waals surface area contributed by atoms with Crippen molar-refractivity contribution in [1.82, 2.24) is 0 Å². The molecule has 1 aromatic carbocycles. The average molecular weight is 226 g/mol. The first-order chi connectivity index (χ1) is 6.90. The quantitative estimate of drug-likeness (QED) is 0.583. The lowest BCUT2D eigenvalue weighted by molar-refractivity contribution is 0.112. The standard InChI is InChI=1S/C11H15FO2Si/c1-14-9-5-8(7-13)6-10(11(9)12)15(2,3)4/h5-7H,1-4H3. The van der Waals surface area contributed by atoms with Crippen LogP contribution in [0.5, 0.6) is 5.75 Å². The largest absolute Gasteiger partial charge is 0.494 e. The molecule has 82 valence electrons. The number of rotatable bonds is 3. The molecule has 0 spiro atoms. The van der Waals surface area contributed by atoms with E-state index in [0.29, 0.717) is 17.0 Å². The van der Waals surface area contributed by atoms with Crippen LogP contribution < -0.4 is 9.92 Å². The van der Waals surface area contributed by atoms with Gasteiger partial charge in [0.15, 0.2) is 11.6 Å². The molecule has 0 heterocycles. The van der Waals surface area contributed by atoms with E-state index in [2.05, 4.69) is 0 Å². The summed E-state index contributed by atoms with van der Waals surface area (Å²) in [4.78, 5) is 10.7. The molecule has 0 atom stereocenters. The summed E-state index contributed by atoms with van der Waals surface area (Å²) in [5.74, 6) is -0.181. The molecule has 4 heteroatoms. The Kier molecular flexibility index (Phi) is 3.29. The van der Waals surface area contributed by atoms with Crippen molar-refractivity contribution < 1.29 is 13.9 Å². The fourth-order valence-corrected chi connectivity index (χ4v) is 2.76. The molecule has 0 aliphatic carbocycles. The second kappa shape index (κ2) is 4.14. The second-order valence-corrected chi connectivity index (χ2v) is 9.49.